The second-order valence-corrected chi connectivity index (χ2v) is 1.79. The summed E-state index contributed by atoms with van der Waals surface area (Å²) < 4.78 is 8.79. The Morgan fingerprint density at radius 2 is 1.90 bits per heavy atom. The molecule has 0 aromatic carbocycles. The first kappa shape index (κ1) is 9.10. The van der Waals surface area contributed by atoms with Crippen LogP contribution in [0.2, 0.25) is 0 Å². The minimum Gasteiger partial charge on any atom is -0.391 e. The molecule has 4 heteroatoms. The average Bonchev–Trinajstić information content (AvgIpc) is 1.85. The summed E-state index contributed by atoms with van der Waals surface area (Å²) in [6, 6.07) is 0. The maximum atomic E-state index is 10.6. The first-order chi connectivity index (χ1) is 4.57. The SMILES string of the molecule is CO[C@H](C)C(=O)OC(C)=O. The zero-order valence-corrected chi connectivity index (χ0v) is 6.21. The van der Waals surface area contributed by atoms with Gasteiger partial charge in [0.2, 0.25) is 0 Å². The molecule has 0 fully saturated rings. The summed E-state index contributed by atoms with van der Waals surface area (Å²) in [4.78, 5) is 20.8. The highest BCUT2D eigenvalue weighted by Gasteiger charge is 2.14. The molecule has 0 spiro atoms. The molecule has 0 radical (unpaired) electrons. The van der Waals surface area contributed by atoms with Crippen LogP contribution in [0.1, 0.15) is 13.8 Å². The Labute approximate surface area is 59.1 Å². The van der Waals surface area contributed by atoms with Crippen LogP contribution < -0.4 is 0 Å². The van der Waals surface area contributed by atoms with Gasteiger partial charge in [-0.1, -0.05) is 0 Å². The summed E-state index contributed by atoms with van der Waals surface area (Å²) in [6.07, 6.45) is -0.677. The van der Waals surface area contributed by atoms with Crippen LogP contribution in [-0.4, -0.2) is 25.2 Å². The largest absolute Gasteiger partial charge is 0.391 e. The van der Waals surface area contributed by atoms with Crippen LogP contribution in [-0.2, 0) is 19.1 Å². The molecule has 10 heavy (non-hydrogen) atoms. The van der Waals surface area contributed by atoms with Crippen LogP contribution in [0.25, 0.3) is 0 Å². The van der Waals surface area contributed by atoms with Crippen LogP contribution >= 0.6 is 0 Å². The lowest BCUT2D eigenvalue weighted by molar-refractivity contribution is -0.164. The van der Waals surface area contributed by atoms with E-state index in [2.05, 4.69) is 9.47 Å². The molecule has 0 N–H and O–H groups in total. The van der Waals surface area contributed by atoms with Crippen molar-refractivity contribution in [2.24, 2.45) is 0 Å². The Kier molecular flexibility index (Phi) is 3.64. The van der Waals surface area contributed by atoms with Crippen molar-refractivity contribution in [1.82, 2.24) is 0 Å². The number of carbonyl (C=O) groups excluding carboxylic acids is 2. The molecule has 4 nitrogen and oxygen atoms in total. The first-order valence-corrected chi connectivity index (χ1v) is 2.83. The van der Waals surface area contributed by atoms with E-state index in [9.17, 15) is 9.59 Å². The van der Waals surface area contributed by atoms with E-state index in [1.54, 1.807) is 0 Å². The van der Waals surface area contributed by atoms with Gasteiger partial charge in [-0.25, -0.2) is 4.79 Å². The van der Waals surface area contributed by atoms with Crippen LogP contribution in [0.5, 0.6) is 0 Å². The fourth-order valence-electron chi connectivity index (χ4n) is 0.321. The molecule has 0 aliphatic carbocycles. The molecular formula is C6H10O4. The molecular weight excluding hydrogens is 136 g/mol. The van der Waals surface area contributed by atoms with Crippen LogP contribution in [0.4, 0.5) is 0 Å². The summed E-state index contributed by atoms with van der Waals surface area (Å²) in [6.45, 7) is 2.67. The molecule has 1 atom stereocenters. The van der Waals surface area contributed by atoms with E-state index in [1.165, 1.54) is 21.0 Å². The van der Waals surface area contributed by atoms with Gasteiger partial charge in [-0.05, 0) is 6.92 Å². The third-order valence-electron chi connectivity index (χ3n) is 0.930. The van der Waals surface area contributed by atoms with E-state index in [0.717, 1.165) is 0 Å². The first-order valence-electron chi connectivity index (χ1n) is 2.83. The lowest BCUT2D eigenvalue weighted by Crippen LogP contribution is -2.23. The normalized spacial score (nSPS) is 12.3. The standard InChI is InChI=1S/C6H10O4/c1-4(9-3)6(8)10-5(2)7/h4H,1-3H3/t4-/m1/s1. The second-order valence-electron chi connectivity index (χ2n) is 1.79. The van der Waals surface area contributed by atoms with E-state index in [0.29, 0.717) is 0 Å². The summed E-state index contributed by atoms with van der Waals surface area (Å²) in [5.74, 6) is -1.27. The van der Waals surface area contributed by atoms with Crippen molar-refractivity contribution < 1.29 is 19.1 Å². The van der Waals surface area contributed by atoms with E-state index in [-0.39, 0.29) is 0 Å². The third kappa shape index (κ3) is 3.19. The third-order valence-corrected chi connectivity index (χ3v) is 0.930. The zero-order chi connectivity index (χ0) is 8.15. The monoisotopic (exact) mass is 146 g/mol. The van der Waals surface area contributed by atoms with E-state index in [4.69, 9.17) is 0 Å². The number of rotatable bonds is 2. The molecule has 0 rings (SSSR count). The molecule has 0 amide bonds. The molecule has 0 aromatic rings. The Hall–Kier alpha value is -0.900. The van der Waals surface area contributed by atoms with Crippen molar-refractivity contribution in [2.45, 2.75) is 20.0 Å². The highest BCUT2D eigenvalue weighted by Crippen LogP contribution is 1.91. The van der Waals surface area contributed by atoms with Crippen molar-refractivity contribution in [3.8, 4) is 0 Å². The molecule has 0 aromatic heterocycles. The lowest BCUT2D eigenvalue weighted by Gasteiger charge is -2.05. The quantitative estimate of drug-likeness (QED) is 0.410. The zero-order valence-electron chi connectivity index (χ0n) is 6.21. The summed E-state index contributed by atoms with van der Waals surface area (Å²) in [7, 11) is 1.37. The molecule has 58 valence electrons. The van der Waals surface area contributed by atoms with Crippen molar-refractivity contribution in [1.29, 1.82) is 0 Å². The molecule has 0 bridgehead atoms. The highest BCUT2D eigenvalue weighted by atomic mass is 16.6. The number of esters is 2. The van der Waals surface area contributed by atoms with Crippen molar-refractivity contribution in [2.75, 3.05) is 7.11 Å². The number of hydrogen-bond acceptors (Lipinski definition) is 4. The maximum absolute atomic E-state index is 10.6. The summed E-state index contributed by atoms with van der Waals surface area (Å²) in [5, 5.41) is 0. The van der Waals surface area contributed by atoms with E-state index in [1.807, 2.05) is 0 Å². The van der Waals surface area contributed by atoms with Gasteiger partial charge in [0.25, 0.3) is 0 Å². The predicted molar refractivity (Wildman–Crippen MR) is 33.2 cm³/mol. The molecule has 0 unspecified atom stereocenters. The molecule has 0 saturated heterocycles. The Bertz CT molecular complexity index is 141. The summed E-state index contributed by atoms with van der Waals surface area (Å²) >= 11 is 0. The van der Waals surface area contributed by atoms with Crippen LogP contribution in [0, 0.1) is 0 Å². The smallest absolute Gasteiger partial charge is 0.342 e. The topological polar surface area (TPSA) is 52.6 Å². The van der Waals surface area contributed by atoms with Gasteiger partial charge in [0.05, 0.1) is 0 Å². The fraction of sp³-hybridized carbons (Fsp3) is 0.667. The molecule has 0 heterocycles. The van der Waals surface area contributed by atoms with Gasteiger partial charge in [0.15, 0.2) is 6.10 Å². The maximum Gasteiger partial charge on any atom is 0.342 e. The van der Waals surface area contributed by atoms with Crippen molar-refractivity contribution in [3.05, 3.63) is 0 Å². The molecule has 0 saturated carbocycles. The lowest BCUT2D eigenvalue weighted by atomic mass is 10.4. The summed E-state index contributed by atoms with van der Waals surface area (Å²) in [5.41, 5.74) is 0. The minimum atomic E-state index is -0.677. The van der Waals surface area contributed by atoms with E-state index < -0.39 is 18.0 Å². The Morgan fingerprint density at radius 1 is 1.40 bits per heavy atom. The van der Waals surface area contributed by atoms with Crippen LogP contribution in [0.15, 0.2) is 0 Å². The van der Waals surface area contributed by atoms with Gasteiger partial charge in [-0.2, -0.15) is 0 Å². The number of methoxy groups -OCH3 is 1. The van der Waals surface area contributed by atoms with Gasteiger partial charge >= 0.3 is 11.9 Å². The van der Waals surface area contributed by atoms with Crippen molar-refractivity contribution in [3.63, 3.8) is 0 Å². The molecule has 0 aliphatic heterocycles. The minimum absolute atomic E-state index is 0.617. The van der Waals surface area contributed by atoms with E-state index >= 15 is 0 Å². The van der Waals surface area contributed by atoms with Gasteiger partial charge < -0.3 is 9.47 Å². The number of ether oxygens (including phenoxy) is 2. The molecule has 0 aliphatic rings. The predicted octanol–water partition coefficient (Wildman–Crippen LogP) is 0.111. The second kappa shape index (κ2) is 4.00. The highest BCUT2D eigenvalue weighted by molar-refractivity contribution is 5.86. The van der Waals surface area contributed by atoms with Crippen molar-refractivity contribution >= 4 is 11.9 Å². The van der Waals surface area contributed by atoms with Crippen LogP contribution in [0.3, 0.4) is 0 Å². The Balaban J connectivity index is 3.73. The van der Waals surface area contributed by atoms with Gasteiger partial charge in [0.1, 0.15) is 0 Å². The fourth-order valence-corrected chi connectivity index (χ4v) is 0.321. The van der Waals surface area contributed by atoms with Gasteiger partial charge in [-0.15, -0.1) is 0 Å². The average molecular weight is 146 g/mol. The number of carbonyl (C=O) groups is 2. The Morgan fingerprint density at radius 3 is 2.20 bits per heavy atom. The van der Waals surface area contributed by atoms with Gasteiger partial charge in [-0.3, -0.25) is 4.79 Å². The van der Waals surface area contributed by atoms with Gasteiger partial charge in [0, 0.05) is 14.0 Å². The number of hydrogen-bond donors (Lipinski definition) is 0.